The van der Waals surface area contributed by atoms with Crippen LogP contribution in [0.3, 0.4) is 0 Å². The van der Waals surface area contributed by atoms with Crippen LogP contribution < -0.4 is 10.2 Å². The Bertz CT molecular complexity index is 1140. The van der Waals surface area contributed by atoms with E-state index in [4.69, 9.17) is 34.8 Å². The van der Waals surface area contributed by atoms with Crippen molar-refractivity contribution >= 4 is 69.8 Å². The average Bonchev–Trinajstić information content (AvgIpc) is 2.96. The van der Waals surface area contributed by atoms with Gasteiger partial charge in [-0.3, -0.25) is 9.59 Å². The lowest BCUT2D eigenvalue weighted by Crippen LogP contribution is -2.32. The summed E-state index contributed by atoms with van der Waals surface area (Å²) in [5.74, 6) is -0.853. The highest BCUT2D eigenvalue weighted by molar-refractivity contribution is 8.04. The van der Waals surface area contributed by atoms with Crippen LogP contribution in [0.25, 0.3) is 0 Å². The second-order valence-electron chi connectivity index (χ2n) is 6.77. The summed E-state index contributed by atoms with van der Waals surface area (Å²) in [5.41, 5.74) is 2.05. The van der Waals surface area contributed by atoms with Gasteiger partial charge >= 0.3 is 0 Å². The van der Waals surface area contributed by atoms with E-state index in [1.807, 2.05) is 0 Å². The number of thioether (sulfide) groups is 1. The third-order valence-corrected chi connectivity index (χ3v) is 6.42. The van der Waals surface area contributed by atoms with Gasteiger partial charge in [-0.2, -0.15) is 0 Å². The number of anilines is 2. The Kier molecular flexibility index (Phi) is 6.30. The first-order valence-electron chi connectivity index (χ1n) is 9.19. The van der Waals surface area contributed by atoms with E-state index in [1.54, 1.807) is 73.7 Å². The molecule has 1 heterocycles. The van der Waals surface area contributed by atoms with Gasteiger partial charge in [0.15, 0.2) is 0 Å². The van der Waals surface area contributed by atoms with Crippen LogP contribution in [0.2, 0.25) is 15.1 Å². The molecule has 156 valence electrons. The molecule has 1 aliphatic rings. The molecule has 0 aliphatic carbocycles. The van der Waals surface area contributed by atoms with Crippen LogP contribution >= 0.6 is 46.6 Å². The molecule has 8 heteroatoms. The number of hydrogen-bond donors (Lipinski definition) is 1. The number of aryl methyl sites for hydroxylation is 1. The van der Waals surface area contributed by atoms with Crippen molar-refractivity contribution in [2.24, 2.45) is 0 Å². The summed E-state index contributed by atoms with van der Waals surface area (Å²) < 4.78 is 0. The minimum atomic E-state index is -0.443. The molecule has 0 saturated heterocycles. The minimum Gasteiger partial charge on any atom is -0.350 e. The molecule has 4 nitrogen and oxygen atoms in total. The fraction of sp³-hybridized carbons (Fsp3) is 0.0435. The van der Waals surface area contributed by atoms with Gasteiger partial charge in [-0.1, -0.05) is 46.6 Å². The molecule has 0 bridgehead atoms. The highest BCUT2D eigenvalue weighted by atomic mass is 35.5. The Hall–Kier alpha value is -2.44. The topological polar surface area (TPSA) is 49.4 Å². The van der Waals surface area contributed by atoms with E-state index in [0.717, 1.165) is 10.5 Å². The predicted molar refractivity (Wildman–Crippen MR) is 128 cm³/mol. The molecule has 0 aromatic heterocycles. The van der Waals surface area contributed by atoms with Crippen molar-refractivity contribution in [1.82, 2.24) is 0 Å². The predicted octanol–water partition coefficient (Wildman–Crippen LogP) is 6.94. The number of carbonyl (C=O) groups excluding carboxylic acids is 2. The number of halogens is 3. The Morgan fingerprint density at radius 1 is 0.774 bits per heavy atom. The Morgan fingerprint density at radius 2 is 1.35 bits per heavy atom. The van der Waals surface area contributed by atoms with Crippen molar-refractivity contribution in [3.63, 3.8) is 0 Å². The standard InChI is InChI=1S/C23H15Cl3N2O2S/c1-13-12-16(26)6-11-19(13)28-22(29)20(27-17-7-2-14(24)3-8-17)21(23(28)30)31-18-9-4-15(25)5-10-18/h2-12,27H,1H3. The van der Waals surface area contributed by atoms with Gasteiger partial charge in [0.05, 0.1) is 5.69 Å². The van der Waals surface area contributed by atoms with Crippen molar-refractivity contribution < 1.29 is 9.59 Å². The first-order chi connectivity index (χ1) is 14.8. The van der Waals surface area contributed by atoms with E-state index >= 15 is 0 Å². The van der Waals surface area contributed by atoms with E-state index < -0.39 is 11.8 Å². The lowest BCUT2D eigenvalue weighted by molar-refractivity contribution is -0.120. The summed E-state index contributed by atoms with van der Waals surface area (Å²) in [6.07, 6.45) is 0. The number of carbonyl (C=O) groups is 2. The summed E-state index contributed by atoms with van der Waals surface area (Å²) in [7, 11) is 0. The molecule has 1 aliphatic heterocycles. The molecular weight excluding hydrogens is 475 g/mol. The number of rotatable bonds is 5. The van der Waals surface area contributed by atoms with Crippen LogP contribution in [-0.4, -0.2) is 11.8 Å². The molecule has 0 saturated carbocycles. The Balaban J connectivity index is 1.76. The molecule has 4 rings (SSSR count). The summed E-state index contributed by atoms with van der Waals surface area (Å²) >= 11 is 19.2. The molecular formula is C23H15Cl3N2O2S. The van der Waals surface area contributed by atoms with E-state index in [1.165, 1.54) is 16.7 Å². The first-order valence-corrected chi connectivity index (χ1v) is 11.1. The minimum absolute atomic E-state index is 0.196. The smallest absolute Gasteiger partial charge is 0.283 e. The second kappa shape index (κ2) is 8.97. The highest BCUT2D eigenvalue weighted by Gasteiger charge is 2.40. The van der Waals surface area contributed by atoms with E-state index in [0.29, 0.717) is 26.4 Å². The number of benzene rings is 3. The van der Waals surface area contributed by atoms with Crippen molar-refractivity contribution in [2.45, 2.75) is 11.8 Å². The number of nitrogens with one attached hydrogen (secondary N) is 1. The highest BCUT2D eigenvalue weighted by Crippen LogP contribution is 2.39. The fourth-order valence-corrected chi connectivity index (χ4v) is 4.51. The monoisotopic (exact) mass is 488 g/mol. The quantitative estimate of drug-likeness (QED) is 0.394. The molecule has 0 radical (unpaired) electrons. The van der Waals surface area contributed by atoms with Crippen LogP contribution in [0.1, 0.15) is 5.56 Å². The van der Waals surface area contributed by atoms with Crippen molar-refractivity contribution in [3.05, 3.63) is 98.0 Å². The van der Waals surface area contributed by atoms with Crippen LogP contribution in [0, 0.1) is 6.92 Å². The SMILES string of the molecule is Cc1cc(Cl)ccc1N1C(=O)C(Nc2ccc(Cl)cc2)=C(Sc2ccc(Cl)cc2)C1=O. The second-order valence-corrected chi connectivity index (χ2v) is 9.16. The molecule has 0 atom stereocenters. The molecule has 31 heavy (non-hydrogen) atoms. The Labute approximate surface area is 198 Å². The van der Waals surface area contributed by atoms with E-state index in [9.17, 15) is 9.59 Å². The van der Waals surface area contributed by atoms with Crippen LogP contribution in [0.15, 0.2) is 82.2 Å². The first kappa shape index (κ1) is 21.8. The van der Waals surface area contributed by atoms with Gasteiger partial charge in [0.2, 0.25) is 0 Å². The Morgan fingerprint density at radius 3 is 1.97 bits per heavy atom. The molecule has 0 fully saturated rings. The van der Waals surface area contributed by atoms with Gasteiger partial charge in [0.25, 0.3) is 11.8 Å². The normalized spacial score (nSPS) is 13.9. The summed E-state index contributed by atoms with van der Waals surface area (Å²) in [4.78, 5) is 29.0. The average molecular weight is 490 g/mol. The summed E-state index contributed by atoms with van der Waals surface area (Å²) in [6.45, 7) is 1.80. The largest absolute Gasteiger partial charge is 0.350 e. The van der Waals surface area contributed by atoms with Crippen molar-refractivity contribution in [3.8, 4) is 0 Å². The van der Waals surface area contributed by atoms with Gasteiger partial charge in [0, 0.05) is 25.7 Å². The van der Waals surface area contributed by atoms with Gasteiger partial charge in [-0.05, 0) is 79.2 Å². The van der Waals surface area contributed by atoms with Gasteiger partial charge in [0.1, 0.15) is 10.6 Å². The maximum absolute atomic E-state index is 13.4. The number of amides is 2. The molecule has 0 spiro atoms. The van der Waals surface area contributed by atoms with Crippen LogP contribution in [0.4, 0.5) is 11.4 Å². The zero-order valence-corrected chi connectivity index (χ0v) is 19.2. The van der Waals surface area contributed by atoms with Gasteiger partial charge in [-0.15, -0.1) is 0 Å². The van der Waals surface area contributed by atoms with Crippen LogP contribution in [-0.2, 0) is 9.59 Å². The zero-order chi connectivity index (χ0) is 22.1. The van der Waals surface area contributed by atoms with Crippen molar-refractivity contribution in [1.29, 1.82) is 0 Å². The molecule has 3 aromatic carbocycles. The molecule has 3 aromatic rings. The molecule has 1 N–H and O–H groups in total. The number of hydrogen-bond acceptors (Lipinski definition) is 4. The summed E-state index contributed by atoms with van der Waals surface area (Å²) in [6, 6.07) is 19.0. The van der Waals surface area contributed by atoms with E-state index in [2.05, 4.69) is 5.32 Å². The summed E-state index contributed by atoms with van der Waals surface area (Å²) in [5, 5.41) is 4.79. The molecule has 2 amide bonds. The van der Waals surface area contributed by atoms with Gasteiger partial charge in [-0.25, -0.2) is 4.90 Å². The lowest BCUT2D eigenvalue weighted by Gasteiger charge is -2.18. The van der Waals surface area contributed by atoms with E-state index in [-0.39, 0.29) is 10.6 Å². The number of nitrogens with zero attached hydrogens (tertiary/aromatic N) is 1. The third kappa shape index (κ3) is 4.60. The molecule has 0 unspecified atom stereocenters. The zero-order valence-electron chi connectivity index (χ0n) is 16.2. The maximum atomic E-state index is 13.4. The third-order valence-electron chi connectivity index (χ3n) is 4.59. The van der Waals surface area contributed by atoms with Crippen molar-refractivity contribution in [2.75, 3.05) is 10.2 Å². The fourth-order valence-electron chi connectivity index (χ4n) is 3.10. The lowest BCUT2D eigenvalue weighted by atomic mass is 10.2. The number of imide groups is 1. The van der Waals surface area contributed by atoms with Gasteiger partial charge < -0.3 is 5.32 Å². The van der Waals surface area contributed by atoms with Crippen LogP contribution in [0.5, 0.6) is 0 Å². The maximum Gasteiger partial charge on any atom is 0.283 e.